The lowest BCUT2D eigenvalue weighted by Crippen LogP contribution is -2.00. The molecule has 0 aliphatic rings. The fourth-order valence-electron chi connectivity index (χ4n) is 2.37. The number of ether oxygens (including phenoxy) is 1. The van der Waals surface area contributed by atoms with E-state index < -0.39 is 69.5 Å². The van der Waals surface area contributed by atoms with Gasteiger partial charge in [0.15, 0.2) is 17.2 Å². The second kappa shape index (κ2) is 12.5. The van der Waals surface area contributed by atoms with E-state index >= 15 is 0 Å². The molecule has 0 amide bonds. The minimum Gasteiger partial charge on any atom is -0.508 e. The van der Waals surface area contributed by atoms with Gasteiger partial charge in [0.1, 0.15) is 23.1 Å². The molecule has 0 fully saturated rings. The summed E-state index contributed by atoms with van der Waals surface area (Å²) < 4.78 is 118. The van der Waals surface area contributed by atoms with Crippen molar-refractivity contribution in [3.8, 4) is 40.2 Å². The van der Waals surface area contributed by atoms with Crippen molar-refractivity contribution < 1.29 is 69.8 Å². The number of halogens is 9. The number of rotatable bonds is 2. The molecular weight excluding hydrogens is 555 g/mol. The second-order valence-corrected chi connectivity index (χ2v) is 6.96. The first-order chi connectivity index (χ1) is 18.2. The average Bonchev–Trinajstić information content (AvgIpc) is 2.93. The Morgan fingerprint density at radius 1 is 0.385 bits per heavy atom. The van der Waals surface area contributed by atoms with Gasteiger partial charge in [-0.15, -0.1) is 0 Å². The summed E-state index contributed by atoms with van der Waals surface area (Å²) in [5.74, 6) is -22.9. The first kappa shape index (κ1) is 30.3. The van der Waals surface area contributed by atoms with Crippen LogP contribution in [-0.2, 0) is 0 Å². The molecular formula is C24H13F9O6. The van der Waals surface area contributed by atoms with Crippen LogP contribution in [0, 0.1) is 52.4 Å². The van der Waals surface area contributed by atoms with Crippen molar-refractivity contribution in [2.24, 2.45) is 0 Å². The van der Waals surface area contributed by atoms with Crippen LogP contribution in [0.4, 0.5) is 39.5 Å². The predicted molar refractivity (Wildman–Crippen MR) is 114 cm³/mol. The standard InChI is InChI=1S/C12H6F4O3.C6H2F4O2.C6H5FO/c13-7-9(15)12(10(16)8(14)11(7)18)19-6-3-1-5(17)2-4-6;7-1-2(8)6(12)4(10)3(9)5(1)11;7-5-1-3-6(8)4-2-5/h1-4,17-18H;11-12H;1-4,8H. The van der Waals surface area contributed by atoms with E-state index in [4.69, 9.17) is 25.5 Å². The molecule has 39 heavy (non-hydrogen) atoms. The molecule has 15 heteroatoms. The average molecular weight is 568 g/mol. The lowest BCUT2D eigenvalue weighted by molar-refractivity contribution is 0.319. The van der Waals surface area contributed by atoms with E-state index in [1.54, 1.807) is 0 Å². The third kappa shape index (κ3) is 7.09. The summed E-state index contributed by atoms with van der Waals surface area (Å²) >= 11 is 0. The predicted octanol–water partition coefficient (Wildman–Crippen LogP) is 6.63. The summed E-state index contributed by atoms with van der Waals surface area (Å²) in [6, 6.07) is 9.58. The zero-order chi connectivity index (χ0) is 29.6. The van der Waals surface area contributed by atoms with Crippen LogP contribution in [0.5, 0.6) is 40.2 Å². The number of hydrogen-bond acceptors (Lipinski definition) is 6. The Kier molecular flexibility index (Phi) is 9.73. The molecule has 0 aromatic heterocycles. The van der Waals surface area contributed by atoms with Gasteiger partial charge in [0.25, 0.3) is 0 Å². The van der Waals surface area contributed by atoms with Crippen LogP contribution >= 0.6 is 0 Å². The molecule has 0 saturated heterocycles. The number of hydrogen-bond donors (Lipinski definition) is 5. The Morgan fingerprint density at radius 3 is 0.974 bits per heavy atom. The van der Waals surface area contributed by atoms with E-state index in [0.717, 1.165) is 24.3 Å². The van der Waals surface area contributed by atoms with Gasteiger partial charge in [-0.05, 0) is 48.5 Å². The van der Waals surface area contributed by atoms with Gasteiger partial charge in [0, 0.05) is 0 Å². The normalized spacial score (nSPS) is 10.2. The lowest BCUT2D eigenvalue weighted by atomic mass is 10.2. The number of benzene rings is 4. The topological polar surface area (TPSA) is 110 Å². The number of aromatic hydroxyl groups is 5. The zero-order valence-corrected chi connectivity index (χ0v) is 18.7. The Balaban J connectivity index is 0.000000227. The van der Waals surface area contributed by atoms with Crippen LogP contribution in [-0.4, -0.2) is 25.5 Å². The van der Waals surface area contributed by atoms with Crippen LogP contribution in [0.2, 0.25) is 0 Å². The summed E-state index contributed by atoms with van der Waals surface area (Å²) in [6.45, 7) is 0. The van der Waals surface area contributed by atoms with Crippen molar-refractivity contribution in [2.75, 3.05) is 0 Å². The number of phenols is 5. The van der Waals surface area contributed by atoms with Gasteiger partial charge in [-0.2, -0.15) is 35.1 Å². The molecule has 0 atom stereocenters. The van der Waals surface area contributed by atoms with Crippen molar-refractivity contribution in [3.05, 3.63) is 101 Å². The second-order valence-electron chi connectivity index (χ2n) is 6.96. The Labute approximate surface area is 211 Å². The highest BCUT2D eigenvalue weighted by Crippen LogP contribution is 2.36. The molecule has 0 aliphatic carbocycles. The maximum Gasteiger partial charge on any atom is 0.208 e. The van der Waals surface area contributed by atoms with E-state index in [1.807, 2.05) is 0 Å². The summed E-state index contributed by atoms with van der Waals surface area (Å²) in [5.41, 5.74) is 0. The maximum atomic E-state index is 13.4. The highest BCUT2D eigenvalue weighted by molar-refractivity contribution is 5.41. The molecule has 0 spiro atoms. The van der Waals surface area contributed by atoms with E-state index in [0.29, 0.717) is 0 Å². The van der Waals surface area contributed by atoms with E-state index in [-0.39, 0.29) is 23.1 Å². The molecule has 4 rings (SSSR count). The largest absolute Gasteiger partial charge is 0.508 e. The summed E-state index contributed by atoms with van der Waals surface area (Å²) in [5, 5.41) is 43.1. The summed E-state index contributed by atoms with van der Waals surface area (Å²) in [6.07, 6.45) is 0. The minimum atomic E-state index is -2.02. The van der Waals surface area contributed by atoms with Crippen molar-refractivity contribution in [3.63, 3.8) is 0 Å². The van der Waals surface area contributed by atoms with Crippen molar-refractivity contribution >= 4 is 0 Å². The fourth-order valence-corrected chi connectivity index (χ4v) is 2.37. The van der Waals surface area contributed by atoms with Crippen LogP contribution in [0.1, 0.15) is 0 Å². The van der Waals surface area contributed by atoms with Gasteiger partial charge in [-0.25, -0.2) is 4.39 Å². The molecule has 0 bridgehead atoms. The van der Waals surface area contributed by atoms with Gasteiger partial charge in [0.05, 0.1) is 0 Å². The molecule has 208 valence electrons. The first-order valence-electron chi connectivity index (χ1n) is 9.87. The van der Waals surface area contributed by atoms with Gasteiger partial charge < -0.3 is 30.3 Å². The van der Waals surface area contributed by atoms with E-state index in [1.165, 1.54) is 24.3 Å². The maximum absolute atomic E-state index is 13.4. The van der Waals surface area contributed by atoms with Crippen LogP contribution in [0.25, 0.3) is 0 Å². The van der Waals surface area contributed by atoms with Crippen molar-refractivity contribution in [1.82, 2.24) is 0 Å². The monoisotopic (exact) mass is 568 g/mol. The zero-order valence-electron chi connectivity index (χ0n) is 18.7. The van der Waals surface area contributed by atoms with E-state index in [9.17, 15) is 39.5 Å². The van der Waals surface area contributed by atoms with Gasteiger partial charge in [0.2, 0.25) is 52.3 Å². The first-order valence-corrected chi connectivity index (χ1v) is 9.87. The molecule has 0 unspecified atom stereocenters. The highest BCUT2D eigenvalue weighted by atomic mass is 19.2. The van der Waals surface area contributed by atoms with Gasteiger partial charge >= 0.3 is 0 Å². The molecule has 0 aliphatic heterocycles. The SMILES string of the molecule is Oc1c(F)c(F)c(O)c(F)c1F.Oc1ccc(F)cc1.Oc1ccc(Oc2c(F)c(F)c(O)c(F)c2F)cc1. The van der Waals surface area contributed by atoms with Gasteiger partial charge in [-0.1, -0.05) is 0 Å². The molecule has 0 heterocycles. The summed E-state index contributed by atoms with van der Waals surface area (Å²) in [4.78, 5) is 0. The smallest absolute Gasteiger partial charge is 0.208 e. The van der Waals surface area contributed by atoms with E-state index in [2.05, 4.69) is 4.74 Å². The van der Waals surface area contributed by atoms with Crippen LogP contribution < -0.4 is 4.74 Å². The molecule has 0 radical (unpaired) electrons. The van der Waals surface area contributed by atoms with Crippen LogP contribution in [0.3, 0.4) is 0 Å². The quantitative estimate of drug-likeness (QED) is 0.106. The summed E-state index contributed by atoms with van der Waals surface area (Å²) in [7, 11) is 0. The third-order valence-corrected chi connectivity index (χ3v) is 4.30. The van der Waals surface area contributed by atoms with Crippen molar-refractivity contribution in [2.45, 2.75) is 0 Å². The Bertz CT molecular complexity index is 1310. The Morgan fingerprint density at radius 2 is 0.667 bits per heavy atom. The highest BCUT2D eigenvalue weighted by Gasteiger charge is 2.27. The third-order valence-electron chi connectivity index (χ3n) is 4.30. The van der Waals surface area contributed by atoms with Gasteiger partial charge in [-0.3, -0.25) is 0 Å². The molecule has 4 aromatic rings. The lowest BCUT2D eigenvalue weighted by Gasteiger charge is -2.10. The fraction of sp³-hybridized carbons (Fsp3) is 0. The Hall–Kier alpha value is -4.95. The minimum absolute atomic E-state index is 0.0893. The molecule has 5 N–H and O–H groups in total. The van der Waals surface area contributed by atoms with Crippen molar-refractivity contribution in [1.29, 1.82) is 0 Å². The van der Waals surface area contributed by atoms with Crippen LogP contribution in [0.15, 0.2) is 48.5 Å². The molecule has 6 nitrogen and oxygen atoms in total. The molecule has 0 saturated carbocycles. The number of phenolic OH excluding ortho intramolecular Hbond substituents is 5. The molecule has 4 aromatic carbocycles.